The van der Waals surface area contributed by atoms with E-state index in [1.54, 1.807) is 27.7 Å². The molecule has 0 saturated carbocycles. The Hall–Kier alpha value is -1.32. The van der Waals surface area contributed by atoms with Gasteiger partial charge < -0.3 is 9.84 Å². The fourth-order valence-electron chi connectivity index (χ4n) is 1.23. The molecular weight excluding hydrogens is 184 g/mol. The normalized spacial score (nSPS) is 20.2. The average molecular weight is 198 g/mol. The Bertz CT molecular complexity index is 323. The van der Waals surface area contributed by atoms with E-state index in [0.29, 0.717) is 0 Å². The quantitative estimate of drug-likeness (QED) is 0.537. The highest BCUT2D eigenvalue weighted by molar-refractivity contribution is 6.19. The van der Waals surface area contributed by atoms with Gasteiger partial charge in [-0.1, -0.05) is 13.8 Å². The molecule has 1 rings (SSSR count). The van der Waals surface area contributed by atoms with Gasteiger partial charge in [-0.15, -0.1) is 0 Å². The first-order chi connectivity index (χ1) is 6.27. The van der Waals surface area contributed by atoms with Crippen LogP contribution in [0.25, 0.3) is 0 Å². The molecule has 1 N–H and O–H groups in total. The molecule has 1 aliphatic heterocycles. The molecule has 0 atom stereocenters. The van der Waals surface area contributed by atoms with Crippen LogP contribution in [0, 0.1) is 5.92 Å². The minimum absolute atomic E-state index is 0.204. The number of aliphatic hydroxyl groups excluding tert-OH is 1. The first-order valence-corrected chi connectivity index (χ1v) is 4.48. The Balaban J connectivity index is 3.15. The molecule has 14 heavy (non-hydrogen) atoms. The van der Waals surface area contributed by atoms with E-state index >= 15 is 0 Å². The third-order valence-corrected chi connectivity index (χ3v) is 2.13. The first kappa shape index (κ1) is 10.8. The molecule has 0 amide bonds. The van der Waals surface area contributed by atoms with Crippen molar-refractivity contribution in [3.63, 3.8) is 0 Å². The highest BCUT2D eigenvalue weighted by Gasteiger charge is 2.44. The monoisotopic (exact) mass is 198 g/mol. The molecule has 0 bridgehead atoms. The summed E-state index contributed by atoms with van der Waals surface area (Å²) in [6.07, 6.45) is 0. The Morgan fingerprint density at radius 3 is 2.21 bits per heavy atom. The lowest BCUT2D eigenvalue weighted by Crippen LogP contribution is -2.22. The number of ketones is 1. The standard InChI is InChI=1S/C10H14O4/c1-5(2)7(11)6-8(12)10(3,4)14-9(6)13/h5,12H,1-4H3. The third kappa shape index (κ3) is 1.52. The Labute approximate surface area is 82.6 Å². The number of hydrogen-bond acceptors (Lipinski definition) is 4. The van der Waals surface area contributed by atoms with Crippen molar-refractivity contribution in [1.82, 2.24) is 0 Å². The van der Waals surface area contributed by atoms with Gasteiger partial charge in [0.25, 0.3) is 0 Å². The maximum atomic E-state index is 11.5. The number of carbonyl (C=O) groups is 2. The van der Waals surface area contributed by atoms with Crippen molar-refractivity contribution in [3.8, 4) is 0 Å². The number of ether oxygens (including phenoxy) is 1. The van der Waals surface area contributed by atoms with E-state index in [-0.39, 0.29) is 23.0 Å². The largest absolute Gasteiger partial charge is 0.507 e. The maximum Gasteiger partial charge on any atom is 0.346 e. The molecule has 0 spiro atoms. The molecule has 0 radical (unpaired) electrons. The molecule has 78 valence electrons. The summed E-state index contributed by atoms with van der Waals surface area (Å²) >= 11 is 0. The molecule has 0 aliphatic carbocycles. The van der Waals surface area contributed by atoms with E-state index in [0.717, 1.165) is 0 Å². The molecule has 0 fully saturated rings. The topological polar surface area (TPSA) is 63.6 Å². The second-order valence-corrected chi connectivity index (χ2v) is 4.14. The van der Waals surface area contributed by atoms with Crippen LogP contribution in [-0.2, 0) is 14.3 Å². The predicted octanol–water partition coefficient (Wildman–Crippen LogP) is 1.36. The SMILES string of the molecule is CC(C)C(=O)C1=C(O)C(C)(C)OC1=O. The molecule has 4 heteroatoms. The minimum Gasteiger partial charge on any atom is -0.507 e. The number of Topliss-reactive ketones (excluding diaryl/α,β-unsaturated/α-hetero) is 1. The number of hydrogen-bond donors (Lipinski definition) is 1. The zero-order valence-electron chi connectivity index (χ0n) is 8.75. The number of aliphatic hydroxyl groups is 1. The Kier molecular flexibility index (Phi) is 2.39. The van der Waals surface area contributed by atoms with Gasteiger partial charge in [0.15, 0.2) is 17.1 Å². The summed E-state index contributed by atoms with van der Waals surface area (Å²) < 4.78 is 4.86. The van der Waals surface area contributed by atoms with Crippen LogP contribution in [0.15, 0.2) is 11.3 Å². The molecule has 4 nitrogen and oxygen atoms in total. The zero-order chi connectivity index (χ0) is 11.1. The average Bonchev–Trinajstić information content (AvgIpc) is 2.21. The van der Waals surface area contributed by atoms with Gasteiger partial charge in [-0.3, -0.25) is 4.79 Å². The van der Waals surface area contributed by atoms with Gasteiger partial charge in [0.05, 0.1) is 0 Å². The van der Waals surface area contributed by atoms with E-state index < -0.39 is 11.6 Å². The van der Waals surface area contributed by atoms with Gasteiger partial charge in [-0.2, -0.15) is 0 Å². The molecular formula is C10H14O4. The minimum atomic E-state index is -1.07. The molecule has 0 aromatic rings. The van der Waals surface area contributed by atoms with Crippen LogP contribution in [0.3, 0.4) is 0 Å². The summed E-state index contributed by atoms with van der Waals surface area (Å²) in [5, 5.41) is 9.62. The van der Waals surface area contributed by atoms with Gasteiger partial charge >= 0.3 is 5.97 Å². The lowest BCUT2D eigenvalue weighted by atomic mass is 9.97. The Morgan fingerprint density at radius 1 is 1.43 bits per heavy atom. The van der Waals surface area contributed by atoms with E-state index in [4.69, 9.17) is 4.74 Å². The maximum absolute atomic E-state index is 11.5. The highest BCUT2D eigenvalue weighted by atomic mass is 16.6. The van der Waals surface area contributed by atoms with Gasteiger partial charge in [0, 0.05) is 5.92 Å². The third-order valence-electron chi connectivity index (χ3n) is 2.13. The van der Waals surface area contributed by atoms with Crippen LogP contribution in [0.2, 0.25) is 0 Å². The van der Waals surface area contributed by atoms with Crippen LogP contribution in [-0.4, -0.2) is 22.5 Å². The second kappa shape index (κ2) is 3.12. The fraction of sp³-hybridized carbons (Fsp3) is 0.600. The van der Waals surface area contributed by atoms with Crippen molar-refractivity contribution >= 4 is 11.8 Å². The van der Waals surface area contributed by atoms with E-state index in [1.165, 1.54) is 0 Å². The van der Waals surface area contributed by atoms with Crippen molar-refractivity contribution in [3.05, 3.63) is 11.3 Å². The van der Waals surface area contributed by atoms with Crippen LogP contribution in [0.1, 0.15) is 27.7 Å². The van der Waals surface area contributed by atoms with Gasteiger partial charge in [0.1, 0.15) is 5.57 Å². The molecule has 1 aliphatic rings. The van der Waals surface area contributed by atoms with Crippen LogP contribution in [0.5, 0.6) is 0 Å². The van der Waals surface area contributed by atoms with Crippen molar-refractivity contribution < 1.29 is 19.4 Å². The summed E-state index contributed by atoms with van der Waals surface area (Å²) in [4.78, 5) is 22.8. The molecule has 0 aromatic carbocycles. The smallest absolute Gasteiger partial charge is 0.346 e. The van der Waals surface area contributed by atoms with Crippen LogP contribution in [0.4, 0.5) is 0 Å². The van der Waals surface area contributed by atoms with E-state index in [2.05, 4.69) is 0 Å². The van der Waals surface area contributed by atoms with Crippen LogP contribution >= 0.6 is 0 Å². The van der Waals surface area contributed by atoms with Gasteiger partial charge in [-0.25, -0.2) is 4.79 Å². The lowest BCUT2D eigenvalue weighted by Gasteiger charge is -2.16. The summed E-state index contributed by atoms with van der Waals surface area (Å²) in [5.41, 5.74) is -1.28. The van der Waals surface area contributed by atoms with E-state index in [9.17, 15) is 14.7 Å². The van der Waals surface area contributed by atoms with Gasteiger partial charge in [-0.05, 0) is 13.8 Å². The number of carbonyl (C=O) groups excluding carboxylic acids is 2. The molecule has 0 aromatic heterocycles. The number of rotatable bonds is 2. The summed E-state index contributed by atoms with van der Waals surface area (Å²) in [6, 6.07) is 0. The number of esters is 1. The summed E-state index contributed by atoms with van der Waals surface area (Å²) in [6.45, 7) is 6.42. The van der Waals surface area contributed by atoms with Crippen molar-refractivity contribution in [1.29, 1.82) is 0 Å². The van der Waals surface area contributed by atoms with Crippen molar-refractivity contribution in [2.45, 2.75) is 33.3 Å². The Morgan fingerprint density at radius 2 is 1.93 bits per heavy atom. The van der Waals surface area contributed by atoms with Crippen molar-refractivity contribution in [2.75, 3.05) is 0 Å². The lowest BCUT2D eigenvalue weighted by molar-refractivity contribution is -0.146. The number of cyclic esters (lactones) is 1. The molecule has 1 heterocycles. The van der Waals surface area contributed by atoms with E-state index in [1.807, 2.05) is 0 Å². The van der Waals surface area contributed by atoms with Crippen LogP contribution < -0.4 is 0 Å². The van der Waals surface area contributed by atoms with Gasteiger partial charge in [0.2, 0.25) is 0 Å². The predicted molar refractivity (Wildman–Crippen MR) is 49.7 cm³/mol. The fourth-order valence-corrected chi connectivity index (χ4v) is 1.23. The second-order valence-electron chi connectivity index (χ2n) is 4.14. The first-order valence-electron chi connectivity index (χ1n) is 4.48. The zero-order valence-corrected chi connectivity index (χ0v) is 8.75. The summed E-state index contributed by atoms with van der Waals surface area (Å²) in [5.74, 6) is -1.70. The summed E-state index contributed by atoms with van der Waals surface area (Å²) in [7, 11) is 0. The molecule has 0 saturated heterocycles. The highest BCUT2D eigenvalue weighted by Crippen LogP contribution is 2.31. The van der Waals surface area contributed by atoms with Crippen molar-refractivity contribution in [2.24, 2.45) is 5.92 Å². The molecule has 0 unspecified atom stereocenters.